The third kappa shape index (κ3) is 5.15. The van der Waals surface area contributed by atoms with Crippen molar-refractivity contribution in [2.45, 2.75) is 52.2 Å². The molecule has 1 fully saturated rings. The molecular weight excluding hydrogens is 500 g/mol. The van der Waals surface area contributed by atoms with E-state index in [4.69, 9.17) is 9.47 Å². The van der Waals surface area contributed by atoms with Crippen LogP contribution in [0.5, 0.6) is 5.88 Å². The molecule has 208 valence electrons. The van der Waals surface area contributed by atoms with Crippen molar-refractivity contribution in [1.29, 1.82) is 0 Å². The summed E-state index contributed by atoms with van der Waals surface area (Å²) in [6.45, 7) is 12.0. The van der Waals surface area contributed by atoms with Crippen molar-refractivity contribution in [2.75, 3.05) is 48.4 Å². The van der Waals surface area contributed by atoms with E-state index in [9.17, 15) is 9.59 Å². The maximum atomic E-state index is 13.3. The minimum absolute atomic E-state index is 0.301. The Morgan fingerprint density at radius 2 is 1.92 bits per heavy atom. The molecule has 12 nitrogen and oxygen atoms in total. The van der Waals surface area contributed by atoms with Gasteiger partial charge in [-0.3, -0.25) is 19.8 Å². The van der Waals surface area contributed by atoms with Gasteiger partial charge in [0.25, 0.3) is 0 Å². The minimum atomic E-state index is -0.551. The molecule has 39 heavy (non-hydrogen) atoms. The molecule has 3 aromatic rings. The van der Waals surface area contributed by atoms with Crippen molar-refractivity contribution in [3.05, 3.63) is 30.1 Å². The number of urea groups is 1. The lowest BCUT2D eigenvalue weighted by Crippen LogP contribution is -2.62. The number of ether oxygens (including phenoxy) is 2. The average Bonchev–Trinajstić information content (AvgIpc) is 3.44. The molecular formula is C27H36N8O4. The Kier molecular flexibility index (Phi) is 6.51. The first kappa shape index (κ1) is 26.5. The number of hydrogen-bond acceptors (Lipinski definition) is 8. The van der Waals surface area contributed by atoms with E-state index in [0.717, 1.165) is 16.6 Å². The Hall–Kier alpha value is -4.09. The number of carbonyl (C=O) groups excluding carboxylic acids is 2. The molecule has 0 atom stereocenters. The van der Waals surface area contributed by atoms with Gasteiger partial charge in [-0.05, 0) is 53.2 Å². The molecule has 1 saturated heterocycles. The highest BCUT2D eigenvalue weighted by Gasteiger charge is 2.40. The second-order valence-corrected chi connectivity index (χ2v) is 11.6. The van der Waals surface area contributed by atoms with Gasteiger partial charge < -0.3 is 14.4 Å². The monoisotopic (exact) mass is 536 g/mol. The summed E-state index contributed by atoms with van der Waals surface area (Å²) in [6.07, 6.45) is 3.95. The van der Waals surface area contributed by atoms with E-state index in [1.54, 1.807) is 26.7 Å². The Balaban J connectivity index is 1.34. The van der Waals surface area contributed by atoms with Crippen LogP contribution in [-0.2, 0) is 18.2 Å². The Morgan fingerprint density at radius 1 is 1.15 bits per heavy atom. The number of amides is 3. The third-order valence-corrected chi connectivity index (χ3v) is 6.95. The van der Waals surface area contributed by atoms with Gasteiger partial charge in [0, 0.05) is 62.3 Å². The first-order valence-electron chi connectivity index (χ1n) is 13.1. The molecule has 2 aliphatic rings. The van der Waals surface area contributed by atoms with E-state index in [-0.39, 0.29) is 12.1 Å². The van der Waals surface area contributed by atoms with Crippen LogP contribution in [0, 0.1) is 0 Å². The van der Waals surface area contributed by atoms with Gasteiger partial charge in [0.1, 0.15) is 17.2 Å². The van der Waals surface area contributed by atoms with Crippen LogP contribution < -0.4 is 19.9 Å². The quantitative estimate of drug-likeness (QED) is 0.537. The second kappa shape index (κ2) is 9.58. The average molecular weight is 537 g/mol. The number of nitrogens with one attached hydrogen (secondary N) is 1. The maximum Gasteiger partial charge on any atom is 0.410 e. The Bertz CT molecular complexity index is 1430. The Morgan fingerprint density at radius 3 is 2.62 bits per heavy atom. The predicted octanol–water partition coefficient (Wildman–Crippen LogP) is 3.80. The minimum Gasteiger partial charge on any atom is -0.479 e. The number of nitrogens with zero attached hydrogens (tertiary/aromatic N) is 7. The molecule has 3 aromatic heterocycles. The van der Waals surface area contributed by atoms with Gasteiger partial charge in [0.2, 0.25) is 5.88 Å². The van der Waals surface area contributed by atoms with Crippen LogP contribution in [0.1, 0.15) is 40.2 Å². The zero-order valence-electron chi connectivity index (χ0n) is 23.6. The topological polar surface area (TPSA) is 118 Å². The van der Waals surface area contributed by atoms with Crippen molar-refractivity contribution in [3.8, 4) is 5.88 Å². The molecule has 1 N–H and O–H groups in total. The first-order chi connectivity index (χ1) is 18.4. The van der Waals surface area contributed by atoms with E-state index in [2.05, 4.69) is 25.3 Å². The van der Waals surface area contributed by atoms with Crippen LogP contribution in [0.3, 0.4) is 0 Å². The second-order valence-electron chi connectivity index (χ2n) is 11.6. The van der Waals surface area contributed by atoms with E-state index < -0.39 is 11.1 Å². The molecule has 0 bridgehead atoms. The standard InChI is InChI=1S/C27H36N8O4/c1-26(2,3)39-25(37)35-13-12-33(16-27(35,4)5)19-8-10-28-22-18(19)9-11-34(22)24(36)30-20-14-17-15-32(6)31-21(17)23(29-20)38-7/h8,10,14-15H,9,11-13,16H2,1-7H3,(H,30,36). The van der Waals surface area contributed by atoms with Gasteiger partial charge in [-0.25, -0.2) is 14.6 Å². The summed E-state index contributed by atoms with van der Waals surface area (Å²) in [4.78, 5) is 40.9. The molecule has 12 heteroatoms. The molecule has 2 aliphatic heterocycles. The molecule has 5 rings (SSSR count). The van der Waals surface area contributed by atoms with E-state index in [1.165, 1.54) is 7.11 Å². The lowest BCUT2D eigenvalue weighted by Gasteiger charge is -2.48. The van der Waals surface area contributed by atoms with E-state index in [0.29, 0.717) is 55.6 Å². The number of hydrogen-bond donors (Lipinski definition) is 1. The smallest absolute Gasteiger partial charge is 0.410 e. The number of aryl methyl sites for hydroxylation is 1. The highest BCUT2D eigenvalue weighted by molar-refractivity contribution is 6.03. The van der Waals surface area contributed by atoms with Gasteiger partial charge in [0.15, 0.2) is 5.52 Å². The summed E-state index contributed by atoms with van der Waals surface area (Å²) in [5.41, 5.74) is 1.68. The van der Waals surface area contributed by atoms with Crippen LogP contribution in [0.4, 0.5) is 26.9 Å². The number of fused-ring (bicyclic) bond motifs is 2. The number of pyridine rings is 2. The van der Waals surface area contributed by atoms with Crippen LogP contribution in [0.15, 0.2) is 24.5 Å². The number of methoxy groups -OCH3 is 1. The molecule has 3 amide bonds. The molecule has 0 aromatic carbocycles. The fourth-order valence-electron chi connectivity index (χ4n) is 5.29. The number of anilines is 3. The van der Waals surface area contributed by atoms with Crippen LogP contribution >= 0.6 is 0 Å². The SMILES string of the molecule is COc1nc(NC(=O)N2CCc3c(N4CCN(C(=O)OC(C)(C)C)C(C)(C)C4)ccnc32)cc2cn(C)nc12. The van der Waals surface area contributed by atoms with Crippen molar-refractivity contribution in [1.82, 2.24) is 24.6 Å². The zero-order valence-corrected chi connectivity index (χ0v) is 23.6. The number of carbonyl (C=O) groups is 2. The van der Waals surface area contributed by atoms with Gasteiger partial charge in [-0.1, -0.05) is 0 Å². The normalized spacial score (nSPS) is 16.8. The van der Waals surface area contributed by atoms with Crippen LogP contribution in [0.25, 0.3) is 10.9 Å². The molecule has 0 aliphatic carbocycles. The molecule has 0 spiro atoms. The lowest BCUT2D eigenvalue weighted by atomic mass is 9.98. The first-order valence-corrected chi connectivity index (χ1v) is 13.1. The fourth-order valence-corrected chi connectivity index (χ4v) is 5.29. The zero-order chi connectivity index (χ0) is 28.1. The highest BCUT2D eigenvalue weighted by Crippen LogP contribution is 2.37. The van der Waals surface area contributed by atoms with Crippen LogP contribution in [-0.4, -0.2) is 81.2 Å². The van der Waals surface area contributed by atoms with Crippen molar-refractivity contribution in [2.24, 2.45) is 7.05 Å². The van der Waals surface area contributed by atoms with Crippen molar-refractivity contribution in [3.63, 3.8) is 0 Å². The molecule has 5 heterocycles. The van der Waals surface area contributed by atoms with Gasteiger partial charge in [0.05, 0.1) is 12.6 Å². The summed E-state index contributed by atoms with van der Waals surface area (Å²) in [5, 5.41) is 8.08. The molecule has 0 radical (unpaired) electrons. The fraction of sp³-hybridized carbons (Fsp3) is 0.519. The summed E-state index contributed by atoms with van der Waals surface area (Å²) in [5.74, 6) is 1.35. The van der Waals surface area contributed by atoms with E-state index in [1.807, 2.05) is 53.9 Å². The summed E-state index contributed by atoms with van der Waals surface area (Å²) in [7, 11) is 3.35. The van der Waals surface area contributed by atoms with Gasteiger partial charge in [-0.2, -0.15) is 10.1 Å². The maximum absolute atomic E-state index is 13.3. The number of piperazine rings is 1. The number of aromatic nitrogens is 4. The third-order valence-electron chi connectivity index (χ3n) is 6.95. The largest absolute Gasteiger partial charge is 0.479 e. The van der Waals surface area contributed by atoms with Gasteiger partial charge in [-0.15, -0.1) is 0 Å². The number of rotatable bonds is 3. The molecule has 0 unspecified atom stereocenters. The van der Waals surface area contributed by atoms with Crippen molar-refractivity contribution < 1.29 is 19.1 Å². The predicted molar refractivity (Wildman–Crippen MR) is 149 cm³/mol. The Labute approximate surface area is 227 Å². The van der Waals surface area contributed by atoms with E-state index >= 15 is 0 Å². The lowest BCUT2D eigenvalue weighted by molar-refractivity contribution is 0.000363. The van der Waals surface area contributed by atoms with Crippen molar-refractivity contribution >= 4 is 40.4 Å². The summed E-state index contributed by atoms with van der Waals surface area (Å²) >= 11 is 0. The van der Waals surface area contributed by atoms with Gasteiger partial charge >= 0.3 is 12.1 Å². The highest BCUT2D eigenvalue weighted by atomic mass is 16.6. The summed E-state index contributed by atoms with van der Waals surface area (Å²) in [6, 6.07) is 3.45. The van der Waals surface area contributed by atoms with Crippen LogP contribution in [0.2, 0.25) is 0 Å². The molecule has 0 saturated carbocycles. The summed E-state index contributed by atoms with van der Waals surface area (Å²) < 4.78 is 12.7.